The Morgan fingerprint density at radius 3 is 1.80 bits per heavy atom. The van der Waals surface area contributed by atoms with E-state index in [1.54, 1.807) is 0 Å². The summed E-state index contributed by atoms with van der Waals surface area (Å²) in [6.45, 7) is 4.86. The van der Waals surface area contributed by atoms with Gasteiger partial charge in [0.2, 0.25) is 0 Å². The van der Waals surface area contributed by atoms with Gasteiger partial charge in [-0.15, -0.1) is 0 Å². The second-order valence-electron chi connectivity index (χ2n) is 4.30. The van der Waals surface area contributed by atoms with Crippen LogP contribution >= 0.6 is 7.26 Å². The summed E-state index contributed by atoms with van der Waals surface area (Å²) in [7, 11) is 8.76. The lowest BCUT2D eigenvalue weighted by atomic mass is 9.76. The van der Waals surface area contributed by atoms with E-state index < -0.39 is 7.26 Å². The summed E-state index contributed by atoms with van der Waals surface area (Å²) in [5.74, 6) is 0. The van der Waals surface area contributed by atoms with E-state index >= 15 is 0 Å². The second kappa shape index (κ2) is 2.53. The molecule has 1 fully saturated rings. The van der Waals surface area contributed by atoms with Gasteiger partial charge in [0.1, 0.15) is 0 Å². The smallest absolute Gasteiger partial charge is 0.0423 e. The minimum atomic E-state index is -0.543. The molecule has 0 unspecified atom stereocenters. The van der Waals surface area contributed by atoms with Gasteiger partial charge < -0.3 is 4.31 Å². The summed E-state index contributed by atoms with van der Waals surface area (Å²) in [4.78, 5) is 0. The van der Waals surface area contributed by atoms with Gasteiger partial charge in [0.15, 0.2) is 0 Å². The molecular weight excluding hydrogens is 139 g/mol. The van der Waals surface area contributed by atoms with Crippen molar-refractivity contribution in [2.45, 2.75) is 0 Å². The van der Waals surface area contributed by atoms with Gasteiger partial charge in [-0.1, -0.05) is 19.4 Å². The van der Waals surface area contributed by atoms with Crippen molar-refractivity contribution in [2.24, 2.45) is 0 Å². The highest BCUT2D eigenvalue weighted by Crippen LogP contribution is 2.51. The van der Waals surface area contributed by atoms with Gasteiger partial charge in [-0.25, -0.2) is 0 Å². The Bertz CT molecular complexity index is 108. The molecule has 1 aliphatic rings. The monoisotopic (exact) mass is 155 g/mol. The maximum atomic E-state index is 2.43. The topological polar surface area (TPSA) is 0 Å². The van der Waals surface area contributed by atoms with Gasteiger partial charge in [0, 0.05) is 13.3 Å². The van der Waals surface area contributed by atoms with Gasteiger partial charge in [-0.05, 0) is 28.9 Å². The Hall–Kier alpha value is 0.520. The standard InChI is InChI=1S/C6H16B2NP/c1-9(2)7-5-10(3,4)6-8-9/h5-6H2,1-4H3. The van der Waals surface area contributed by atoms with Crippen molar-refractivity contribution in [3.8, 4) is 0 Å². The van der Waals surface area contributed by atoms with E-state index in [1.807, 2.05) is 0 Å². The molecule has 0 saturated carbocycles. The van der Waals surface area contributed by atoms with Gasteiger partial charge in [-0.2, -0.15) is 0 Å². The Kier molecular flexibility index (Phi) is 2.18. The minimum Gasteiger partial charge on any atom is -0.812 e. The molecule has 0 aromatic heterocycles. The number of quaternary nitrogens is 1. The molecule has 0 amide bonds. The predicted molar refractivity (Wildman–Crippen MR) is 52.1 cm³/mol. The predicted octanol–water partition coefficient (Wildman–Crippen LogP) is 0.507. The van der Waals surface area contributed by atoms with Gasteiger partial charge in [-0.3, -0.25) is 0 Å². The summed E-state index contributed by atoms with van der Waals surface area (Å²) in [6, 6.07) is 2.69. The lowest BCUT2D eigenvalue weighted by Crippen LogP contribution is -2.53. The highest BCUT2D eigenvalue weighted by atomic mass is 31.2. The van der Waals surface area contributed by atoms with Crippen molar-refractivity contribution >= 4 is 22.1 Å². The molecule has 0 N–H and O–H groups in total. The molecule has 1 nitrogen and oxygen atoms in total. The zero-order chi connectivity index (χ0) is 7.83. The highest BCUT2D eigenvalue weighted by Gasteiger charge is 2.21. The zero-order valence-electron chi connectivity index (χ0n) is 7.46. The molecule has 10 heavy (non-hydrogen) atoms. The van der Waals surface area contributed by atoms with Crippen LogP contribution in [0.1, 0.15) is 0 Å². The Labute approximate surface area is 66.6 Å². The zero-order valence-corrected chi connectivity index (χ0v) is 8.36. The summed E-state index contributed by atoms with van der Waals surface area (Å²) in [6.07, 6.45) is 0. The van der Waals surface area contributed by atoms with Crippen LogP contribution in [-0.4, -0.2) is 58.7 Å². The van der Waals surface area contributed by atoms with Crippen LogP contribution in [0.3, 0.4) is 0 Å². The SMILES string of the molecule is C[N+]1(C)[B-]C[P+](C)(C)C[B-]1. The van der Waals surface area contributed by atoms with Crippen LogP contribution in [0.2, 0.25) is 0 Å². The van der Waals surface area contributed by atoms with Crippen LogP contribution in [-0.2, 0) is 0 Å². The molecule has 56 valence electrons. The van der Waals surface area contributed by atoms with Crippen molar-refractivity contribution in [1.29, 1.82) is 0 Å². The van der Waals surface area contributed by atoms with Gasteiger partial charge >= 0.3 is 0 Å². The largest absolute Gasteiger partial charge is 0.812 e. The molecule has 1 saturated heterocycles. The van der Waals surface area contributed by atoms with Crippen LogP contribution in [0.4, 0.5) is 0 Å². The molecule has 0 aromatic rings. The van der Waals surface area contributed by atoms with E-state index in [9.17, 15) is 0 Å². The van der Waals surface area contributed by atoms with E-state index in [2.05, 4.69) is 42.3 Å². The number of rotatable bonds is 0. The Morgan fingerprint density at radius 1 is 1.10 bits per heavy atom. The number of nitrogens with zero attached hydrogens (tertiary/aromatic N) is 1. The van der Waals surface area contributed by atoms with Crippen molar-refractivity contribution in [3.63, 3.8) is 0 Å². The third kappa shape index (κ3) is 2.29. The van der Waals surface area contributed by atoms with Crippen LogP contribution in [0.15, 0.2) is 0 Å². The first kappa shape index (κ1) is 8.61. The second-order valence-corrected chi connectivity index (χ2v) is 8.90. The average molecular weight is 155 g/mol. The molecule has 4 heteroatoms. The van der Waals surface area contributed by atoms with Crippen molar-refractivity contribution in [2.75, 3.05) is 39.5 Å². The average Bonchev–Trinajstić information content (AvgIpc) is 1.79. The summed E-state index contributed by atoms with van der Waals surface area (Å²) in [5.41, 5.74) is 0. The van der Waals surface area contributed by atoms with E-state index in [0.29, 0.717) is 0 Å². The van der Waals surface area contributed by atoms with Crippen LogP contribution < -0.4 is 0 Å². The summed E-state index contributed by atoms with van der Waals surface area (Å²) < 4.78 is 1.00. The molecule has 0 atom stereocenters. The molecule has 1 aliphatic heterocycles. The molecule has 0 spiro atoms. The fourth-order valence-electron chi connectivity index (χ4n) is 1.01. The van der Waals surface area contributed by atoms with E-state index in [0.717, 1.165) is 4.31 Å². The van der Waals surface area contributed by atoms with Crippen LogP contribution in [0.25, 0.3) is 0 Å². The molecule has 4 radical (unpaired) electrons. The van der Waals surface area contributed by atoms with Crippen molar-refractivity contribution < 1.29 is 4.31 Å². The van der Waals surface area contributed by atoms with Gasteiger partial charge in [0.25, 0.3) is 0 Å². The first-order chi connectivity index (χ1) is 4.41. The maximum absolute atomic E-state index is 2.43. The molecule has 1 heterocycles. The number of hydrogen-bond acceptors (Lipinski definition) is 0. The Balaban J connectivity index is 2.46. The van der Waals surface area contributed by atoms with E-state index in [4.69, 9.17) is 0 Å². The van der Waals surface area contributed by atoms with Crippen LogP contribution in [0.5, 0.6) is 0 Å². The highest BCUT2D eigenvalue weighted by molar-refractivity contribution is 7.77. The third-order valence-electron chi connectivity index (χ3n) is 2.09. The van der Waals surface area contributed by atoms with Crippen molar-refractivity contribution in [1.82, 2.24) is 0 Å². The van der Waals surface area contributed by atoms with Crippen molar-refractivity contribution in [3.05, 3.63) is 0 Å². The first-order valence-corrected chi connectivity index (χ1v) is 6.81. The van der Waals surface area contributed by atoms with Crippen LogP contribution in [0, 0.1) is 0 Å². The Morgan fingerprint density at radius 2 is 1.50 bits per heavy atom. The van der Waals surface area contributed by atoms with Gasteiger partial charge in [0.05, 0.1) is 0 Å². The normalized spacial score (nSPS) is 30.0. The quantitative estimate of drug-likeness (QED) is 0.353. The lowest BCUT2D eigenvalue weighted by Gasteiger charge is -2.62. The van der Waals surface area contributed by atoms with E-state index in [-0.39, 0.29) is 0 Å². The molecular formula is C6H16B2NP. The molecule has 0 aromatic carbocycles. The molecule has 0 bridgehead atoms. The third-order valence-corrected chi connectivity index (χ3v) is 4.40. The first-order valence-electron chi connectivity index (χ1n) is 3.75. The summed E-state index contributed by atoms with van der Waals surface area (Å²) >= 11 is 0. The molecule has 0 aliphatic carbocycles. The number of hydrogen-bond donors (Lipinski definition) is 0. The fraction of sp³-hybridized carbons (Fsp3) is 1.00. The lowest BCUT2D eigenvalue weighted by molar-refractivity contribution is -0.654. The molecule has 1 rings (SSSR count). The minimum absolute atomic E-state index is 0.543. The fourth-order valence-corrected chi connectivity index (χ4v) is 2.89. The maximum Gasteiger partial charge on any atom is 0.0423 e. The van der Waals surface area contributed by atoms with E-state index in [1.165, 1.54) is 12.1 Å². The summed E-state index contributed by atoms with van der Waals surface area (Å²) in [5, 5.41) is 0.